The van der Waals surface area contributed by atoms with E-state index in [1.54, 1.807) is 0 Å². The summed E-state index contributed by atoms with van der Waals surface area (Å²) in [6.45, 7) is 28.5. The van der Waals surface area contributed by atoms with E-state index in [9.17, 15) is 0 Å². The number of hydrogen-bond acceptors (Lipinski definition) is 6. The van der Waals surface area contributed by atoms with Gasteiger partial charge in [-0.2, -0.15) is 0 Å². The molecule has 0 heterocycles. The summed E-state index contributed by atoms with van der Waals surface area (Å²) in [4.78, 5) is 0. The van der Waals surface area contributed by atoms with E-state index in [1.165, 1.54) is 0 Å². The van der Waals surface area contributed by atoms with Gasteiger partial charge in [-0.1, -0.05) is 0 Å². The Morgan fingerprint density at radius 1 is 0.400 bits per heavy atom. The Morgan fingerprint density at radius 2 is 0.400 bits per heavy atom. The van der Waals surface area contributed by atoms with Crippen LogP contribution in [0, 0.1) is 71.0 Å². The van der Waals surface area contributed by atoms with Crippen molar-refractivity contribution in [1.82, 2.24) is 6.15 Å². The zero-order valence-electron chi connectivity index (χ0n) is 7.39. The van der Waals surface area contributed by atoms with Gasteiger partial charge in [-0.05, 0) is 0 Å². The molecule has 0 saturated carbocycles. The van der Waals surface area contributed by atoms with Gasteiger partial charge in [-0.3, -0.25) is 0 Å². The molecule has 0 amide bonds. The van der Waals surface area contributed by atoms with E-state index in [2.05, 4.69) is 0 Å². The predicted octanol–water partition coefficient (Wildman–Crippen LogP) is 0.949. The van der Waals surface area contributed by atoms with Crippen molar-refractivity contribution in [3.05, 3.63) is 39.4 Å². The third-order valence-corrected chi connectivity index (χ3v) is 0. The van der Waals surface area contributed by atoms with Gasteiger partial charge in [-0.15, -0.1) is 0 Å². The van der Waals surface area contributed by atoms with Crippen molar-refractivity contribution >= 4 is 0 Å². The van der Waals surface area contributed by atoms with Crippen molar-refractivity contribution in [2.24, 2.45) is 0 Å². The third-order valence-electron chi connectivity index (χ3n) is 0. The van der Waals surface area contributed by atoms with Gasteiger partial charge in [0.2, 0.25) is 0 Å². The molecule has 0 aliphatic rings. The summed E-state index contributed by atoms with van der Waals surface area (Å²) in [7, 11) is 0. The van der Waals surface area contributed by atoms with Crippen molar-refractivity contribution in [2.75, 3.05) is 0 Å². The van der Waals surface area contributed by atoms with E-state index in [-0.39, 0.29) is 40.3 Å². The van der Waals surface area contributed by atoms with Gasteiger partial charge in [0.15, 0.2) is 0 Å². The zero-order valence-corrected chi connectivity index (χ0v) is 9.60. The van der Waals surface area contributed by atoms with E-state index in [4.69, 9.17) is 71.0 Å². The van der Waals surface area contributed by atoms with Crippen LogP contribution in [0.4, 0.5) is 0 Å². The molecule has 1 radical (unpaired) electrons. The molecule has 0 fully saturated rings. The molecule has 4 N–H and O–H groups in total. The van der Waals surface area contributed by atoms with Gasteiger partial charge in [0.25, 0.3) is 0 Å². The molecule has 0 bridgehead atoms. The molecule has 0 saturated heterocycles. The molecule has 0 unspecified atom stereocenters. The maximum Gasteiger partial charge on any atom is 4.00 e. The first kappa shape index (κ1) is 119. The molecule has 0 aliphatic heterocycles. The summed E-state index contributed by atoms with van der Waals surface area (Å²) in [6, 6.07) is 0. The number of rotatable bonds is 0. The Kier molecular flexibility index (Phi) is 2670. The Morgan fingerprint density at radius 3 is 0.400 bits per heavy atom. The van der Waals surface area contributed by atoms with E-state index in [1.807, 2.05) is 0 Å². The van der Waals surface area contributed by atoms with Crippen LogP contribution in [0.3, 0.4) is 0 Å². The van der Waals surface area contributed by atoms with Gasteiger partial charge in [0.05, 0.1) is 0 Å². The molecule has 7 nitrogen and oxygen atoms in total. The molecule has 0 spiro atoms. The fourth-order valence-electron chi connectivity index (χ4n) is 0. The van der Waals surface area contributed by atoms with Crippen LogP contribution in [0.25, 0.3) is 0 Å². The Labute approximate surface area is 111 Å². The minimum Gasteiger partial charge on any atom is -0.512 e. The second kappa shape index (κ2) is 336. The fourth-order valence-corrected chi connectivity index (χ4v) is 0. The van der Waals surface area contributed by atoms with Gasteiger partial charge in [0, 0.05) is 0 Å². The molecule has 0 aliphatic carbocycles. The van der Waals surface area contributed by atoms with Crippen LogP contribution in [0.1, 0.15) is 0 Å². The number of hydrogen-bond donors (Lipinski definition) is 1. The summed E-state index contributed by atoms with van der Waals surface area (Å²) >= 11 is 0. The van der Waals surface area contributed by atoms with Crippen molar-refractivity contribution in [1.29, 1.82) is 31.6 Å². The SMILES string of the molecule is [C-]#N.[C-]#N.[C-]#N.[C-]#N.[C-]#N.[C-]#N.[Fe+3].[Fe+4].[NH4+]. The van der Waals surface area contributed by atoms with Crippen LogP contribution < -0.4 is 6.15 Å². The summed E-state index contributed by atoms with van der Waals surface area (Å²) in [5.41, 5.74) is 0. The standard InChI is InChI=1S/6CN.2Fe.H3N/c6*1-2;;;/h;;;;;;;;1H3/q6*-1;+3;+4;/p+1. The summed E-state index contributed by atoms with van der Waals surface area (Å²) < 4.78 is 0. The second-order valence-corrected chi connectivity index (χ2v) is 0. The van der Waals surface area contributed by atoms with E-state index >= 15 is 0 Å². The monoisotopic (exact) mass is 286 g/mol. The van der Waals surface area contributed by atoms with Crippen molar-refractivity contribution in [3.8, 4) is 0 Å². The van der Waals surface area contributed by atoms with Gasteiger partial charge in [0.1, 0.15) is 0 Å². The van der Waals surface area contributed by atoms with Crippen molar-refractivity contribution in [2.45, 2.75) is 0 Å². The average molecular weight is 286 g/mol. The Balaban J connectivity index is -0.00000000396. The minimum absolute atomic E-state index is 0. The van der Waals surface area contributed by atoms with E-state index < -0.39 is 0 Å². The molecule has 9 heteroatoms. The van der Waals surface area contributed by atoms with Gasteiger partial charge in [-0.25, -0.2) is 0 Å². The Bertz CT molecular complexity index is 96.5. The second-order valence-electron chi connectivity index (χ2n) is 0. The van der Waals surface area contributed by atoms with Crippen LogP contribution in [-0.2, 0) is 34.1 Å². The maximum absolute atomic E-state index is 6.25. The molecule has 0 aromatic carbocycles. The average Bonchev–Trinajstić information content (AvgIpc) is 2.33. The quantitative estimate of drug-likeness (QED) is 0.510. The van der Waals surface area contributed by atoms with E-state index in [0.29, 0.717) is 0 Å². The molecular formula is C6H4Fe2N7+2. The van der Waals surface area contributed by atoms with Crippen molar-refractivity contribution < 1.29 is 34.1 Å². The van der Waals surface area contributed by atoms with Crippen LogP contribution in [-0.4, -0.2) is 0 Å². The van der Waals surface area contributed by atoms with Crippen LogP contribution in [0.5, 0.6) is 0 Å². The van der Waals surface area contributed by atoms with Crippen LogP contribution in [0.15, 0.2) is 0 Å². The van der Waals surface area contributed by atoms with Gasteiger partial charge < -0.3 is 77.2 Å². The van der Waals surface area contributed by atoms with Crippen molar-refractivity contribution in [3.63, 3.8) is 0 Å². The summed E-state index contributed by atoms with van der Waals surface area (Å²) in [5.74, 6) is 0. The van der Waals surface area contributed by atoms with E-state index in [0.717, 1.165) is 0 Å². The van der Waals surface area contributed by atoms with Crippen LogP contribution in [0.2, 0.25) is 0 Å². The molecule has 77 valence electrons. The molecule has 0 aromatic rings. The first-order valence-electron chi connectivity index (χ1n) is 1.34. The predicted molar refractivity (Wildman–Crippen MR) is 35.8 cm³/mol. The first-order chi connectivity index (χ1) is 6.00. The minimum atomic E-state index is 0. The molecule has 15 heavy (non-hydrogen) atoms. The maximum atomic E-state index is 6.25. The molecule has 0 atom stereocenters. The number of nitrogens with zero attached hydrogens (tertiary/aromatic N) is 6. The fraction of sp³-hybridized carbons (Fsp3) is 0. The third kappa shape index (κ3) is 278. The molecular weight excluding hydrogens is 282 g/mol. The number of quaternary nitrogens is 1. The largest absolute Gasteiger partial charge is 4.00 e. The topological polar surface area (TPSA) is 179 Å². The zero-order chi connectivity index (χ0) is 12.0. The smallest absolute Gasteiger partial charge is 0.512 e. The summed E-state index contributed by atoms with van der Waals surface area (Å²) in [5, 5.41) is 37.5. The first-order valence-corrected chi connectivity index (χ1v) is 1.34. The van der Waals surface area contributed by atoms with Crippen LogP contribution >= 0.6 is 0 Å². The molecule has 0 rings (SSSR count). The normalized spacial score (nSPS) is 0.800. The van der Waals surface area contributed by atoms with Gasteiger partial charge >= 0.3 is 34.1 Å². The molecule has 0 aromatic heterocycles. The summed E-state index contributed by atoms with van der Waals surface area (Å²) in [6.07, 6.45) is 0. The Hall–Kier alpha value is -2.06.